The number of carbonyl (C=O) groups is 1. The monoisotopic (exact) mass is 414 g/mol. The fraction of sp³-hybridized carbons (Fsp3) is 0.458. The summed E-state index contributed by atoms with van der Waals surface area (Å²) in [7, 11) is 0. The van der Waals surface area contributed by atoms with Crippen LogP contribution in [0.5, 0.6) is 5.75 Å². The molecule has 1 fully saturated rings. The van der Waals surface area contributed by atoms with Crippen LogP contribution in [-0.4, -0.2) is 25.1 Å². The van der Waals surface area contributed by atoms with E-state index in [4.69, 9.17) is 16.3 Å². The Morgan fingerprint density at radius 1 is 1.14 bits per heavy atom. The van der Waals surface area contributed by atoms with Crippen LogP contribution in [-0.2, 0) is 4.79 Å². The Morgan fingerprint density at radius 3 is 2.34 bits per heavy atom. The molecule has 1 N–H and O–H groups in total. The fourth-order valence-electron chi connectivity index (χ4n) is 3.63. The van der Waals surface area contributed by atoms with E-state index in [9.17, 15) is 4.79 Å². The van der Waals surface area contributed by atoms with Gasteiger partial charge in [-0.1, -0.05) is 37.6 Å². The zero-order valence-electron chi connectivity index (χ0n) is 17.5. The topological polar surface area (TPSA) is 41.6 Å². The van der Waals surface area contributed by atoms with E-state index in [2.05, 4.69) is 41.4 Å². The SMILES string of the molecule is CC[C@H](Oc1ccc(Cl)cc1)C(=O)N[C@@H](C)c1ccc(N2CCC(C)CC2)cc1. The molecule has 156 valence electrons. The van der Waals surface area contributed by atoms with Gasteiger partial charge in [-0.15, -0.1) is 0 Å². The molecule has 2 atom stereocenters. The molecule has 0 aliphatic carbocycles. The first-order valence-corrected chi connectivity index (χ1v) is 10.9. The number of hydrogen-bond acceptors (Lipinski definition) is 3. The van der Waals surface area contributed by atoms with Gasteiger partial charge in [0.05, 0.1) is 6.04 Å². The van der Waals surface area contributed by atoms with Crippen molar-refractivity contribution in [2.45, 2.75) is 52.2 Å². The Bertz CT molecular complexity index is 784. The van der Waals surface area contributed by atoms with Crippen LogP contribution in [0.15, 0.2) is 48.5 Å². The fourth-order valence-corrected chi connectivity index (χ4v) is 3.76. The smallest absolute Gasteiger partial charge is 0.261 e. The highest BCUT2D eigenvalue weighted by Gasteiger charge is 2.21. The minimum Gasteiger partial charge on any atom is -0.481 e. The normalized spacial score (nSPS) is 16.9. The van der Waals surface area contributed by atoms with Crippen LogP contribution < -0.4 is 15.0 Å². The van der Waals surface area contributed by atoms with Gasteiger partial charge in [-0.2, -0.15) is 0 Å². The standard InChI is InChI=1S/C24H31ClN2O2/c1-4-23(29-22-11-7-20(25)8-12-22)24(28)26-18(3)19-5-9-21(10-6-19)27-15-13-17(2)14-16-27/h5-12,17-18,23H,4,13-16H2,1-3H3,(H,26,28)/t18-,23-/m0/s1. The molecule has 0 radical (unpaired) electrons. The maximum atomic E-state index is 12.7. The summed E-state index contributed by atoms with van der Waals surface area (Å²) < 4.78 is 5.85. The first-order chi connectivity index (χ1) is 14.0. The van der Waals surface area contributed by atoms with E-state index in [1.54, 1.807) is 24.3 Å². The lowest BCUT2D eigenvalue weighted by atomic mass is 9.98. The highest BCUT2D eigenvalue weighted by molar-refractivity contribution is 6.30. The average molecular weight is 415 g/mol. The van der Waals surface area contributed by atoms with Crippen molar-refractivity contribution in [1.82, 2.24) is 5.32 Å². The molecule has 0 saturated carbocycles. The molecule has 5 heteroatoms. The summed E-state index contributed by atoms with van der Waals surface area (Å²) in [6, 6.07) is 15.5. The van der Waals surface area contributed by atoms with Crippen LogP contribution in [0.2, 0.25) is 5.02 Å². The van der Waals surface area contributed by atoms with Gasteiger partial charge >= 0.3 is 0 Å². The van der Waals surface area contributed by atoms with Gasteiger partial charge in [-0.25, -0.2) is 0 Å². The number of piperidine rings is 1. The maximum absolute atomic E-state index is 12.7. The molecule has 1 heterocycles. The van der Waals surface area contributed by atoms with Crippen molar-refractivity contribution in [3.05, 3.63) is 59.1 Å². The van der Waals surface area contributed by atoms with Crippen molar-refractivity contribution in [2.24, 2.45) is 5.92 Å². The molecule has 1 saturated heterocycles. The first-order valence-electron chi connectivity index (χ1n) is 10.5. The maximum Gasteiger partial charge on any atom is 0.261 e. The van der Waals surface area contributed by atoms with Crippen molar-refractivity contribution in [2.75, 3.05) is 18.0 Å². The highest BCUT2D eigenvalue weighted by Crippen LogP contribution is 2.25. The molecule has 1 aliphatic rings. The van der Waals surface area contributed by atoms with E-state index in [1.165, 1.54) is 18.5 Å². The van der Waals surface area contributed by atoms with Crippen LogP contribution in [0.1, 0.15) is 51.6 Å². The zero-order chi connectivity index (χ0) is 20.8. The molecule has 0 spiro atoms. The Hall–Kier alpha value is -2.20. The van der Waals surface area contributed by atoms with Crippen LogP contribution in [0.25, 0.3) is 0 Å². The molecule has 0 aromatic heterocycles. The zero-order valence-corrected chi connectivity index (χ0v) is 18.3. The molecule has 1 amide bonds. The summed E-state index contributed by atoms with van der Waals surface area (Å²) in [5.74, 6) is 1.36. The summed E-state index contributed by atoms with van der Waals surface area (Å²) >= 11 is 5.91. The van der Waals surface area contributed by atoms with E-state index >= 15 is 0 Å². The third-order valence-corrected chi connectivity index (χ3v) is 5.91. The molecule has 2 aromatic rings. The molecule has 0 unspecified atom stereocenters. The Labute approximate surface area is 179 Å². The summed E-state index contributed by atoms with van der Waals surface area (Å²) in [4.78, 5) is 15.1. The molecule has 1 aliphatic heterocycles. The van der Waals surface area contributed by atoms with Gasteiger partial charge in [0.15, 0.2) is 6.10 Å². The third kappa shape index (κ3) is 5.89. The Kier molecular flexibility index (Phi) is 7.43. The third-order valence-electron chi connectivity index (χ3n) is 5.66. The number of anilines is 1. The van der Waals surface area contributed by atoms with Gasteiger partial charge in [0.1, 0.15) is 5.75 Å². The molecular formula is C24H31ClN2O2. The predicted octanol–water partition coefficient (Wildman–Crippen LogP) is 5.61. The van der Waals surface area contributed by atoms with Gasteiger partial charge in [0.25, 0.3) is 5.91 Å². The van der Waals surface area contributed by atoms with Crippen LogP contribution >= 0.6 is 11.6 Å². The summed E-state index contributed by atoms with van der Waals surface area (Å²) in [5.41, 5.74) is 2.35. The number of benzene rings is 2. The lowest BCUT2D eigenvalue weighted by Gasteiger charge is -2.32. The van der Waals surface area contributed by atoms with E-state index in [-0.39, 0.29) is 11.9 Å². The quantitative estimate of drug-likeness (QED) is 0.640. The van der Waals surface area contributed by atoms with Gasteiger partial charge in [-0.05, 0) is 74.1 Å². The molecule has 29 heavy (non-hydrogen) atoms. The Morgan fingerprint density at radius 2 is 1.76 bits per heavy atom. The van der Waals surface area contributed by atoms with Gasteiger partial charge in [0.2, 0.25) is 0 Å². The largest absolute Gasteiger partial charge is 0.481 e. The van der Waals surface area contributed by atoms with Gasteiger partial charge in [-0.3, -0.25) is 4.79 Å². The molecule has 0 bridgehead atoms. The minimum absolute atomic E-state index is 0.0826. The van der Waals surface area contributed by atoms with Crippen molar-refractivity contribution in [1.29, 1.82) is 0 Å². The van der Waals surface area contributed by atoms with E-state index in [0.29, 0.717) is 17.2 Å². The van der Waals surface area contributed by atoms with Gasteiger partial charge < -0.3 is 15.0 Å². The van der Waals surface area contributed by atoms with Gasteiger partial charge in [0, 0.05) is 23.8 Å². The predicted molar refractivity (Wildman–Crippen MR) is 120 cm³/mol. The van der Waals surface area contributed by atoms with Crippen molar-refractivity contribution in [3.63, 3.8) is 0 Å². The van der Waals surface area contributed by atoms with Crippen LogP contribution in [0.3, 0.4) is 0 Å². The highest BCUT2D eigenvalue weighted by atomic mass is 35.5. The molecule has 3 rings (SSSR count). The van der Waals surface area contributed by atoms with E-state index < -0.39 is 6.10 Å². The average Bonchev–Trinajstić information content (AvgIpc) is 2.74. The number of rotatable bonds is 7. The molecular weight excluding hydrogens is 384 g/mol. The lowest BCUT2D eigenvalue weighted by Crippen LogP contribution is -2.39. The van der Waals surface area contributed by atoms with Crippen LogP contribution in [0, 0.1) is 5.92 Å². The number of nitrogens with one attached hydrogen (secondary N) is 1. The Balaban J connectivity index is 1.57. The summed E-state index contributed by atoms with van der Waals surface area (Å²) in [6.45, 7) is 8.51. The summed E-state index contributed by atoms with van der Waals surface area (Å²) in [6.07, 6.45) is 2.56. The van der Waals surface area contributed by atoms with Crippen molar-refractivity contribution in [3.8, 4) is 5.75 Å². The van der Waals surface area contributed by atoms with Crippen LogP contribution in [0.4, 0.5) is 5.69 Å². The van der Waals surface area contributed by atoms with Crippen molar-refractivity contribution < 1.29 is 9.53 Å². The van der Waals surface area contributed by atoms with E-state index in [0.717, 1.165) is 24.6 Å². The number of hydrogen-bond donors (Lipinski definition) is 1. The number of carbonyl (C=O) groups excluding carboxylic acids is 1. The summed E-state index contributed by atoms with van der Waals surface area (Å²) in [5, 5.41) is 3.72. The number of amides is 1. The number of nitrogens with zero attached hydrogens (tertiary/aromatic N) is 1. The van der Waals surface area contributed by atoms with E-state index in [1.807, 2.05) is 13.8 Å². The second-order valence-corrected chi connectivity index (χ2v) is 8.40. The van der Waals surface area contributed by atoms with Crippen molar-refractivity contribution >= 4 is 23.2 Å². The molecule has 2 aromatic carbocycles. The lowest BCUT2D eigenvalue weighted by molar-refractivity contribution is -0.128. The number of ether oxygens (including phenoxy) is 1. The minimum atomic E-state index is -0.534. The molecule has 4 nitrogen and oxygen atoms in total. The first kappa shape index (κ1) is 21.5. The second-order valence-electron chi connectivity index (χ2n) is 7.96. The second kappa shape index (κ2) is 10.0. The number of halogens is 1.